The highest BCUT2D eigenvalue weighted by Crippen LogP contribution is 2.29. The lowest BCUT2D eigenvalue weighted by molar-refractivity contribution is -0.141. The summed E-state index contributed by atoms with van der Waals surface area (Å²) in [5.74, 6) is -1.90. The maximum Gasteiger partial charge on any atom is 0.432 e. The highest BCUT2D eigenvalue weighted by atomic mass is 19.4. The summed E-state index contributed by atoms with van der Waals surface area (Å²) in [7, 11) is 0. The average molecular weight is 221 g/mol. The van der Waals surface area contributed by atoms with Crippen LogP contribution in [-0.4, -0.2) is 16.1 Å². The fourth-order valence-corrected chi connectivity index (χ4v) is 1.11. The summed E-state index contributed by atoms with van der Waals surface area (Å²) in [6, 6.07) is 0.804. The molecule has 0 aliphatic rings. The largest absolute Gasteiger partial charge is 0.477 e. The second-order valence-electron chi connectivity index (χ2n) is 2.87. The Morgan fingerprint density at radius 3 is 2.40 bits per heavy atom. The zero-order valence-corrected chi connectivity index (χ0v) is 7.47. The number of carbonyl (C=O) groups is 1. The minimum Gasteiger partial charge on any atom is -0.477 e. The molecule has 0 aliphatic carbocycles. The molecule has 0 aliphatic heterocycles. The number of carboxylic acids is 1. The number of H-pyrrole nitrogens is 1. The molecule has 0 atom stereocenters. The van der Waals surface area contributed by atoms with Gasteiger partial charge in [0.1, 0.15) is 11.3 Å². The molecule has 0 fully saturated rings. The number of nitrogens with one attached hydrogen (secondary N) is 1. The van der Waals surface area contributed by atoms with Crippen LogP contribution >= 0.6 is 0 Å². The zero-order chi connectivity index (χ0) is 11.8. The normalized spacial score (nSPS) is 11.5. The third kappa shape index (κ3) is 2.17. The molecule has 82 valence electrons. The third-order valence-corrected chi connectivity index (χ3v) is 1.66. The molecule has 1 rings (SSSR count). The van der Waals surface area contributed by atoms with Gasteiger partial charge in [-0.1, -0.05) is 0 Å². The highest BCUT2D eigenvalue weighted by molar-refractivity contribution is 5.88. The Bertz CT molecular complexity index is 461. The summed E-state index contributed by atoms with van der Waals surface area (Å²) < 4.78 is 37.0. The lowest BCUT2D eigenvalue weighted by Gasteiger charge is -2.10. The van der Waals surface area contributed by atoms with Crippen LogP contribution in [0.3, 0.4) is 0 Å². The first-order chi connectivity index (χ1) is 6.73. The monoisotopic (exact) mass is 221 g/mol. The number of aromatic carboxylic acids is 1. The maximum atomic E-state index is 12.3. The molecule has 0 spiro atoms. The standard InChI is InChI=1S/C8H6F3NO3/c1-3-2-4(13)5(7(14)15)6(12-3)8(9,10)11/h2H,1H3,(H,12,13)(H,14,15). The maximum absolute atomic E-state index is 12.3. The Kier molecular flexibility index (Phi) is 2.57. The smallest absolute Gasteiger partial charge is 0.432 e. The summed E-state index contributed by atoms with van der Waals surface area (Å²) in [4.78, 5) is 23.4. The molecule has 2 N–H and O–H groups in total. The molecule has 7 heteroatoms. The summed E-state index contributed by atoms with van der Waals surface area (Å²) in [6.45, 7) is 1.24. The fourth-order valence-electron chi connectivity index (χ4n) is 1.11. The topological polar surface area (TPSA) is 70.2 Å². The van der Waals surface area contributed by atoms with Crippen molar-refractivity contribution in [3.8, 4) is 0 Å². The van der Waals surface area contributed by atoms with E-state index < -0.39 is 28.8 Å². The number of halogens is 3. The number of rotatable bonds is 1. The second-order valence-corrected chi connectivity index (χ2v) is 2.87. The van der Waals surface area contributed by atoms with Crippen molar-refractivity contribution in [3.63, 3.8) is 0 Å². The van der Waals surface area contributed by atoms with E-state index in [4.69, 9.17) is 5.11 Å². The van der Waals surface area contributed by atoms with Crippen LogP contribution in [0.15, 0.2) is 10.9 Å². The number of pyridine rings is 1. The molecular weight excluding hydrogens is 215 g/mol. The Hall–Kier alpha value is -1.79. The number of carboxylic acid groups (broad SMARTS) is 1. The van der Waals surface area contributed by atoms with Crippen molar-refractivity contribution >= 4 is 5.97 Å². The van der Waals surface area contributed by atoms with Crippen LogP contribution < -0.4 is 5.43 Å². The number of aromatic nitrogens is 1. The minimum atomic E-state index is -4.89. The minimum absolute atomic E-state index is 0.0441. The van der Waals surface area contributed by atoms with Gasteiger partial charge in [-0.15, -0.1) is 0 Å². The van der Waals surface area contributed by atoms with Crippen LogP contribution in [0.1, 0.15) is 21.7 Å². The van der Waals surface area contributed by atoms with Crippen LogP contribution in [0.2, 0.25) is 0 Å². The highest BCUT2D eigenvalue weighted by Gasteiger charge is 2.38. The third-order valence-electron chi connectivity index (χ3n) is 1.66. The van der Waals surface area contributed by atoms with Crippen molar-refractivity contribution in [2.24, 2.45) is 0 Å². The predicted octanol–water partition coefficient (Wildman–Crippen LogP) is 1.40. The van der Waals surface area contributed by atoms with Crippen molar-refractivity contribution in [1.82, 2.24) is 4.98 Å². The Morgan fingerprint density at radius 2 is 2.00 bits per heavy atom. The Balaban J connectivity index is 3.62. The first-order valence-electron chi connectivity index (χ1n) is 3.78. The average Bonchev–Trinajstić information content (AvgIpc) is 1.99. The fraction of sp³-hybridized carbons (Fsp3) is 0.250. The molecule has 0 radical (unpaired) electrons. The quantitative estimate of drug-likeness (QED) is 0.752. The van der Waals surface area contributed by atoms with Crippen LogP contribution in [0.4, 0.5) is 13.2 Å². The van der Waals surface area contributed by atoms with Crippen molar-refractivity contribution < 1.29 is 23.1 Å². The molecule has 0 saturated heterocycles. The number of aromatic amines is 1. The molecule has 1 aromatic heterocycles. The van der Waals surface area contributed by atoms with Gasteiger partial charge in [0.15, 0.2) is 5.43 Å². The van der Waals surface area contributed by atoms with Crippen molar-refractivity contribution in [2.75, 3.05) is 0 Å². The lowest BCUT2D eigenvalue weighted by Crippen LogP contribution is -2.24. The Morgan fingerprint density at radius 1 is 1.47 bits per heavy atom. The predicted molar refractivity (Wildman–Crippen MR) is 43.8 cm³/mol. The van der Waals surface area contributed by atoms with Crippen molar-refractivity contribution in [1.29, 1.82) is 0 Å². The molecule has 0 amide bonds. The number of aryl methyl sites for hydroxylation is 1. The van der Waals surface area contributed by atoms with Crippen LogP contribution in [0.25, 0.3) is 0 Å². The summed E-state index contributed by atoms with van der Waals surface area (Å²) in [6.07, 6.45) is -4.89. The number of hydrogen-bond donors (Lipinski definition) is 2. The van der Waals surface area contributed by atoms with E-state index in [0.29, 0.717) is 0 Å². The van der Waals surface area contributed by atoms with Crippen LogP contribution in [0, 0.1) is 6.92 Å². The summed E-state index contributed by atoms with van der Waals surface area (Å²) >= 11 is 0. The second kappa shape index (κ2) is 3.41. The van der Waals surface area contributed by atoms with Crippen molar-refractivity contribution in [2.45, 2.75) is 13.1 Å². The van der Waals surface area contributed by atoms with Gasteiger partial charge in [0.25, 0.3) is 0 Å². The molecule has 4 nitrogen and oxygen atoms in total. The van der Waals surface area contributed by atoms with Gasteiger partial charge >= 0.3 is 12.1 Å². The van der Waals surface area contributed by atoms with Gasteiger partial charge in [-0.05, 0) is 6.92 Å². The van der Waals surface area contributed by atoms with E-state index in [2.05, 4.69) is 0 Å². The van der Waals surface area contributed by atoms with E-state index in [0.717, 1.165) is 6.07 Å². The molecule has 0 unspecified atom stereocenters. The first kappa shape index (κ1) is 11.3. The molecule has 1 heterocycles. The number of alkyl halides is 3. The Labute approximate surface area is 81.4 Å². The van der Waals surface area contributed by atoms with E-state index in [-0.39, 0.29) is 5.69 Å². The van der Waals surface area contributed by atoms with Gasteiger partial charge in [-0.25, -0.2) is 4.79 Å². The lowest BCUT2D eigenvalue weighted by atomic mass is 10.1. The molecule has 0 saturated carbocycles. The van der Waals surface area contributed by atoms with E-state index in [9.17, 15) is 22.8 Å². The summed E-state index contributed by atoms with van der Waals surface area (Å²) in [5.41, 5.74) is -4.02. The van der Waals surface area contributed by atoms with Crippen molar-refractivity contribution in [3.05, 3.63) is 33.2 Å². The van der Waals surface area contributed by atoms with Crippen LogP contribution in [0.5, 0.6) is 0 Å². The molecule has 1 aromatic rings. The van der Waals surface area contributed by atoms with Crippen LogP contribution in [-0.2, 0) is 6.18 Å². The molecule has 0 bridgehead atoms. The van der Waals surface area contributed by atoms with E-state index in [1.54, 1.807) is 0 Å². The van der Waals surface area contributed by atoms with Gasteiger partial charge in [-0.2, -0.15) is 13.2 Å². The van der Waals surface area contributed by atoms with Gasteiger partial charge in [0.2, 0.25) is 0 Å². The molecule has 0 aromatic carbocycles. The first-order valence-corrected chi connectivity index (χ1v) is 3.78. The molecular formula is C8H6F3NO3. The van der Waals surface area contributed by atoms with E-state index in [1.165, 1.54) is 6.92 Å². The molecule has 15 heavy (non-hydrogen) atoms. The zero-order valence-electron chi connectivity index (χ0n) is 7.47. The van der Waals surface area contributed by atoms with Gasteiger partial charge in [0.05, 0.1) is 0 Å². The van der Waals surface area contributed by atoms with Gasteiger partial charge in [-0.3, -0.25) is 4.79 Å². The SMILES string of the molecule is Cc1cc(=O)c(C(=O)O)c(C(F)(F)F)[nH]1. The van der Waals surface area contributed by atoms with E-state index >= 15 is 0 Å². The number of hydrogen-bond acceptors (Lipinski definition) is 2. The van der Waals surface area contributed by atoms with E-state index in [1.807, 2.05) is 4.98 Å². The summed E-state index contributed by atoms with van der Waals surface area (Å²) in [5, 5.41) is 8.48. The van der Waals surface area contributed by atoms with Gasteiger partial charge in [0, 0.05) is 11.8 Å². The van der Waals surface area contributed by atoms with Gasteiger partial charge < -0.3 is 10.1 Å².